The molecule has 3 heteroatoms. The molecule has 1 rings (SSSR count). The minimum Gasteiger partial charge on any atom is -0.370 e. The van der Waals surface area contributed by atoms with Crippen LogP contribution in [0.5, 0.6) is 0 Å². The number of nitrogens with two attached hydrogens (primary N) is 1. The number of hydrogen-bond donors (Lipinski definition) is 1. The van der Waals surface area contributed by atoms with E-state index in [4.69, 9.17) is 17.3 Å². The summed E-state index contributed by atoms with van der Waals surface area (Å²) in [6.07, 6.45) is 1.94. The predicted octanol–water partition coefficient (Wildman–Crippen LogP) is 2.10. The maximum absolute atomic E-state index is 10.6. The fourth-order valence-electron chi connectivity index (χ4n) is 1.29. The van der Waals surface area contributed by atoms with E-state index in [1.54, 1.807) is 0 Å². The third kappa shape index (κ3) is 4.28. The van der Waals surface area contributed by atoms with Crippen LogP contribution in [0.2, 0.25) is 0 Å². The van der Waals surface area contributed by atoms with Crippen LogP contribution in [0.4, 0.5) is 0 Å². The van der Waals surface area contributed by atoms with Gasteiger partial charge in [-0.15, -0.1) is 11.6 Å². The van der Waals surface area contributed by atoms with Gasteiger partial charge < -0.3 is 5.73 Å². The van der Waals surface area contributed by atoms with Crippen molar-refractivity contribution in [3.05, 3.63) is 35.9 Å². The average molecular weight is 212 g/mol. The van der Waals surface area contributed by atoms with Gasteiger partial charge in [0.2, 0.25) is 5.91 Å². The topological polar surface area (TPSA) is 43.1 Å². The van der Waals surface area contributed by atoms with Crippen LogP contribution in [0.1, 0.15) is 18.4 Å². The van der Waals surface area contributed by atoms with E-state index < -0.39 is 0 Å². The molecular formula is C11H14ClNO. The van der Waals surface area contributed by atoms with Crippen LogP contribution in [-0.2, 0) is 11.2 Å². The molecule has 0 aliphatic carbocycles. The number of aryl methyl sites for hydroxylation is 1. The van der Waals surface area contributed by atoms with Crippen LogP contribution < -0.4 is 5.73 Å². The maximum atomic E-state index is 10.6. The lowest BCUT2D eigenvalue weighted by Crippen LogP contribution is -2.16. The SMILES string of the molecule is NC(=O)CC(Cl)CCc1ccccc1. The van der Waals surface area contributed by atoms with Crippen LogP contribution in [-0.4, -0.2) is 11.3 Å². The molecule has 2 N–H and O–H groups in total. The van der Waals surface area contributed by atoms with Gasteiger partial charge in [-0.3, -0.25) is 4.79 Å². The van der Waals surface area contributed by atoms with E-state index in [1.165, 1.54) is 5.56 Å². The zero-order valence-electron chi connectivity index (χ0n) is 7.95. The Morgan fingerprint density at radius 1 is 1.36 bits per heavy atom. The summed E-state index contributed by atoms with van der Waals surface area (Å²) in [5, 5.41) is -0.146. The van der Waals surface area contributed by atoms with Crippen molar-refractivity contribution in [3.63, 3.8) is 0 Å². The Morgan fingerprint density at radius 3 is 2.57 bits per heavy atom. The van der Waals surface area contributed by atoms with Gasteiger partial charge in [-0.25, -0.2) is 0 Å². The zero-order chi connectivity index (χ0) is 10.4. The third-order valence-electron chi connectivity index (χ3n) is 2.01. The Morgan fingerprint density at radius 2 is 2.00 bits per heavy atom. The molecule has 2 nitrogen and oxygen atoms in total. The summed E-state index contributed by atoms with van der Waals surface area (Å²) in [6, 6.07) is 10.1. The number of rotatable bonds is 5. The van der Waals surface area contributed by atoms with Gasteiger partial charge >= 0.3 is 0 Å². The summed E-state index contributed by atoms with van der Waals surface area (Å²) in [5.74, 6) is -0.335. The largest absolute Gasteiger partial charge is 0.370 e. The minimum absolute atomic E-state index is 0.146. The Kier molecular flexibility index (Phi) is 4.47. The van der Waals surface area contributed by atoms with Crippen LogP contribution >= 0.6 is 11.6 Å². The molecular weight excluding hydrogens is 198 g/mol. The van der Waals surface area contributed by atoms with Gasteiger partial charge in [-0.2, -0.15) is 0 Å². The zero-order valence-corrected chi connectivity index (χ0v) is 8.70. The number of alkyl halides is 1. The lowest BCUT2D eigenvalue weighted by Gasteiger charge is -2.06. The Labute approximate surface area is 89.1 Å². The van der Waals surface area contributed by atoms with Crippen molar-refractivity contribution < 1.29 is 4.79 Å². The summed E-state index contributed by atoms with van der Waals surface area (Å²) < 4.78 is 0. The molecule has 1 atom stereocenters. The van der Waals surface area contributed by atoms with E-state index in [1.807, 2.05) is 30.3 Å². The van der Waals surface area contributed by atoms with Crippen LogP contribution in [0, 0.1) is 0 Å². The molecule has 1 aromatic carbocycles. The van der Waals surface area contributed by atoms with Crippen LogP contribution in [0.3, 0.4) is 0 Å². The summed E-state index contributed by atoms with van der Waals surface area (Å²) in [6.45, 7) is 0. The molecule has 0 bridgehead atoms. The monoisotopic (exact) mass is 211 g/mol. The van der Waals surface area contributed by atoms with Crippen molar-refractivity contribution in [1.82, 2.24) is 0 Å². The minimum atomic E-state index is -0.335. The highest BCUT2D eigenvalue weighted by Gasteiger charge is 2.07. The normalized spacial score (nSPS) is 12.4. The molecule has 1 unspecified atom stereocenters. The number of primary amides is 1. The molecule has 0 aliphatic rings. The van der Waals surface area contributed by atoms with E-state index in [-0.39, 0.29) is 17.7 Å². The first-order chi connectivity index (χ1) is 6.68. The molecule has 0 radical (unpaired) electrons. The molecule has 0 heterocycles. The summed E-state index contributed by atoms with van der Waals surface area (Å²) in [4.78, 5) is 10.6. The maximum Gasteiger partial charge on any atom is 0.218 e. The summed E-state index contributed by atoms with van der Waals surface area (Å²) in [7, 11) is 0. The highest BCUT2D eigenvalue weighted by Crippen LogP contribution is 2.11. The summed E-state index contributed by atoms with van der Waals surface area (Å²) >= 11 is 5.92. The standard InChI is InChI=1S/C11H14ClNO/c12-10(8-11(13)14)7-6-9-4-2-1-3-5-9/h1-5,10H,6-8H2,(H2,13,14). The Hall–Kier alpha value is -1.02. The van der Waals surface area contributed by atoms with Crippen molar-refractivity contribution in [1.29, 1.82) is 0 Å². The molecule has 0 aliphatic heterocycles. The van der Waals surface area contributed by atoms with Crippen molar-refractivity contribution in [3.8, 4) is 0 Å². The Balaban J connectivity index is 2.30. The molecule has 0 spiro atoms. The fraction of sp³-hybridized carbons (Fsp3) is 0.364. The molecule has 1 amide bonds. The van der Waals surface area contributed by atoms with Gasteiger partial charge in [0, 0.05) is 11.8 Å². The fourth-order valence-corrected chi connectivity index (χ4v) is 1.55. The number of benzene rings is 1. The molecule has 14 heavy (non-hydrogen) atoms. The second-order valence-electron chi connectivity index (χ2n) is 3.29. The van der Waals surface area contributed by atoms with E-state index in [0.29, 0.717) is 0 Å². The third-order valence-corrected chi connectivity index (χ3v) is 2.38. The quantitative estimate of drug-likeness (QED) is 0.745. The van der Waals surface area contributed by atoms with Gasteiger partial charge in [-0.1, -0.05) is 30.3 Å². The van der Waals surface area contributed by atoms with Crippen LogP contribution in [0.15, 0.2) is 30.3 Å². The van der Waals surface area contributed by atoms with Crippen LogP contribution in [0.25, 0.3) is 0 Å². The summed E-state index contributed by atoms with van der Waals surface area (Å²) in [5.41, 5.74) is 6.28. The first-order valence-electron chi connectivity index (χ1n) is 4.65. The number of amides is 1. The average Bonchev–Trinajstić information content (AvgIpc) is 2.15. The number of hydrogen-bond acceptors (Lipinski definition) is 1. The number of carbonyl (C=O) groups excluding carboxylic acids is 1. The number of halogens is 1. The second kappa shape index (κ2) is 5.66. The smallest absolute Gasteiger partial charge is 0.218 e. The van der Waals surface area contributed by atoms with Gasteiger partial charge in [0.05, 0.1) is 0 Å². The van der Waals surface area contributed by atoms with Crippen molar-refractivity contribution in [2.24, 2.45) is 5.73 Å². The van der Waals surface area contributed by atoms with E-state index in [2.05, 4.69) is 0 Å². The highest BCUT2D eigenvalue weighted by molar-refractivity contribution is 6.21. The Bertz CT molecular complexity index is 287. The van der Waals surface area contributed by atoms with E-state index in [0.717, 1.165) is 12.8 Å². The second-order valence-corrected chi connectivity index (χ2v) is 3.91. The lowest BCUT2D eigenvalue weighted by molar-refractivity contribution is -0.118. The van der Waals surface area contributed by atoms with Crippen molar-refractivity contribution >= 4 is 17.5 Å². The predicted molar refractivity (Wildman–Crippen MR) is 58.2 cm³/mol. The lowest BCUT2D eigenvalue weighted by atomic mass is 10.1. The molecule has 0 aromatic heterocycles. The van der Waals surface area contributed by atoms with Crippen molar-refractivity contribution in [2.75, 3.05) is 0 Å². The molecule has 1 aromatic rings. The van der Waals surface area contributed by atoms with Gasteiger partial charge in [0.1, 0.15) is 0 Å². The highest BCUT2D eigenvalue weighted by atomic mass is 35.5. The first kappa shape index (κ1) is 11.1. The molecule has 0 saturated carbocycles. The van der Waals surface area contributed by atoms with Gasteiger partial charge in [0.15, 0.2) is 0 Å². The van der Waals surface area contributed by atoms with E-state index >= 15 is 0 Å². The number of carbonyl (C=O) groups is 1. The molecule has 0 saturated heterocycles. The van der Waals surface area contributed by atoms with E-state index in [9.17, 15) is 4.79 Å². The van der Waals surface area contributed by atoms with Gasteiger partial charge in [-0.05, 0) is 18.4 Å². The van der Waals surface area contributed by atoms with Gasteiger partial charge in [0.25, 0.3) is 0 Å². The van der Waals surface area contributed by atoms with Crippen molar-refractivity contribution in [2.45, 2.75) is 24.6 Å². The molecule has 0 fully saturated rings. The first-order valence-corrected chi connectivity index (χ1v) is 5.08. The molecule has 76 valence electrons.